The van der Waals surface area contributed by atoms with Crippen LogP contribution >= 0.6 is 0 Å². The molecular weight excluding hydrogens is 504 g/mol. The lowest BCUT2D eigenvalue weighted by Gasteiger charge is -2.07. The molecule has 40 heavy (non-hydrogen) atoms. The Morgan fingerprint density at radius 1 is 0.375 bits per heavy atom. The van der Waals surface area contributed by atoms with Gasteiger partial charge >= 0.3 is 0 Å². The largest absolute Gasteiger partial charge is 0.416 e. The first-order valence-corrected chi connectivity index (χ1v) is 13.0. The molecule has 12 bridgehead atoms. The van der Waals surface area contributed by atoms with E-state index in [0.29, 0.717) is 50.0 Å². The number of aromatic nitrogens is 4. The van der Waals surface area contributed by atoms with Crippen molar-refractivity contribution in [2.24, 2.45) is 0 Å². The van der Waals surface area contributed by atoms with Crippen LogP contribution in [0.15, 0.2) is 106 Å². The van der Waals surface area contributed by atoms with Gasteiger partial charge in [0.2, 0.25) is 23.6 Å². The van der Waals surface area contributed by atoms with E-state index in [1.165, 1.54) is 0 Å². The summed E-state index contributed by atoms with van der Waals surface area (Å²) >= 11 is 0. The van der Waals surface area contributed by atoms with Gasteiger partial charge in [0.05, 0.1) is 26.4 Å². The predicted octanol–water partition coefficient (Wildman–Crippen LogP) is 6.87. The second-order valence-electron chi connectivity index (χ2n) is 9.61. The number of hydrogen-bond acceptors (Lipinski definition) is 8. The lowest BCUT2D eigenvalue weighted by Crippen LogP contribution is -1.95. The van der Waals surface area contributed by atoms with Crippen molar-refractivity contribution in [1.29, 1.82) is 0 Å². The van der Waals surface area contributed by atoms with E-state index in [2.05, 4.69) is 20.4 Å². The number of ether oxygens (including phenoxy) is 2. The van der Waals surface area contributed by atoms with E-state index < -0.39 is 0 Å². The molecule has 196 valence electrons. The fraction of sp³-hybridized carbons (Fsp3) is 0.125. The van der Waals surface area contributed by atoms with E-state index >= 15 is 0 Å². The van der Waals surface area contributed by atoms with E-state index in [-0.39, 0.29) is 0 Å². The summed E-state index contributed by atoms with van der Waals surface area (Å²) in [5, 5.41) is 17.2. The summed E-state index contributed by atoms with van der Waals surface area (Å²) in [6.45, 7) is 1.73. The number of rotatable bonds is 0. The highest BCUT2D eigenvalue weighted by Gasteiger charge is 2.14. The Kier molecular flexibility index (Phi) is 6.45. The molecule has 0 N–H and O–H groups in total. The minimum atomic E-state index is 0.433. The summed E-state index contributed by atoms with van der Waals surface area (Å²) in [5.74, 6) is 1.83. The van der Waals surface area contributed by atoms with Crippen LogP contribution < -0.4 is 0 Å². The molecule has 1 aliphatic rings. The smallest absolute Gasteiger partial charge is 0.248 e. The number of fused-ring (bicyclic) bond motifs is 16. The minimum Gasteiger partial charge on any atom is -0.416 e. The van der Waals surface area contributed by atoms with Crippen molar-refractivity contribution in [1.82, 2.24) is 20.4 Å². The van der Waals surface area contributed by atoms with Gasteiger partial charge in [-0.05, 0) is 70.8 Å². The first kappa shape index (κ1) is 24.1. The van der Waals surface area contributed by atoms with E-state index in [9.17, 15) is 0 Å². The average Bonchev–Trinajstić information content (AvgIpc) is 3.69. The Balaban J connectivity index is 1.22. The Hall–Kier alpha value is -4.92. The second-order valence-corrected chi connectivity index (χ2v) is 9.61. The maximum absolute atomic E-state index is 6.05. The maximum atomic E-state index is 6.05. The summed E-state index contributed by atoms with van der Waals surface area (Å²) < 4.78 is 24.2. The molecule has 0 aliphatic carbocycles. The fourth-order valence-corrected chi connectivity index (χ4v) is 4.66. The summed E-state index contributed by atoms with van der Waals surface area (Å²) in [4.78, 5) is 0. The van der Waals surface area contributed by atoms with Crippen LogP contribution in [0.5, 0.6) is 0 Å². The summed E-state index contributed by atoms with van der Waals surface area (Å²) in [6, 6.07) is 31.7. The monoisotopic (exact) mass is 528 g/mol. The molecule has 0 amide bonds. The SMILES string of the molecule is c1cc2cc(c1)-c1nnc(o1)-c1cccc(c1)COCc1cccc(c1)-c1nnc(o1)-c1cccc(c1)COC2. The van der Waals surface area contributed by atoms with Crippen LogP contribution in [0, 0.1) is 0 Å². The van der Waals surface area contributed by atoms with Gasteiger partial charge in [0.1, 0.15) is 0 Å². The summed E-state index contributed by atoms with van der Waals surface area (Å²) in [7, 11) is 0. The molecular formula is C32H24N4O4. The molecule has 0 unspecified atom stereocenters. The highest BCUT2D eigenvalue weighted by molar-refractivity contribution is 5.60. The Labute approximate surface area is 230 Å². The molecule has 0 saturated carbocycles. The van der Waals surface area contributed by atoms with Crippen molar-refractivity contribution >= 4 is 0 Å². The van der Waals surface area contributed by atoms with Crippen LogP contribution in [0.2, 0.25) is 0 Å². The molecule has 0 saturated heterocycles. The zero-order valence-corrected chi connectivity index (χ0v) is 21.5. The van der Waals surface area contributed by atoms with Crippen molar-refractivity contribution in [3.8, 4) is 45.8 Å². The Morgan fingerprint density at radius 3 is 0.925 bits per heavy atom. The lowest BCUT2D eigenvalue weighted by molar-refractivity contribution is 0.107. The van der Waals surface area contributed by atoms with E-state index in [0.717, 1.165) is 44.5 Å². The van der Waals surface area contributed by atoms with Gasteiger partial charge in [0.25, 0.3) is 0 Å². The van der Waals surface area contributed by atoms with Gasteiger partial charge in [-0.3, -0.25) is 0 Å². The third-order valence-electron chi connectivity index (χ3n) is 6.62. The molecule has 8 nitrogen and oxygen atoms in total. The van der Waals surface area contributed by atoms with Crippen molar-refractivity contribution in [3.63, 3.8) is 0 Å². The normalized spacial score (nSPS) is 13.4. The minimum absolute atomic E-state index is 0.433. The van der Waals surface area contributed by atoms with E-state index in [1.54, 1.807) is 0 Å². The van der Waals surface area contributed by atoms with Crippen molar-refractivity contribution in [2.75, 3.05) is 0 Å². The third-order valence-corrected chi connectivity index (χ3v) is 6.62. The highest BCUT2D eigenvalue weighted by atomic mass is 16.5. The van der Waals surface area contributed by atoms with E-state index in [4.69, 9.17) is 18.3 Å². The van der Waals surface area contributed by atoms with Gasteiger partial charge in [0.15, 0.2) is 0 Å². The standard InChI is InChI=1S/C32H24N4O4/c1-5-21-13-25(9-1)29-33-34-30(39-29)26-10-3-7-23(15-26)19-38-20-24-8-4-12-28(16-24)32-36-35-31(40-32)27-11-2-6-22(14-27)18-37-17-21/h1-16H,17-20H2. The third kappa shape index (κ3) is 5.18. The molecule has 4 aromatic carbocycles. The van der Waals surface area contributed by atoms with Crippen LogP contribution in [0.3, 0.4) is 0 Å². The van der Waals surface area contributed by atoms with Crippen LogP contribution in [0.25, 0.3) is 45.8 Å². The van der Waals surface area contributed by atoms with Crippen molar-refractivity contribution in [2.45, 2.75) is 26.4 Å². The molecule has 0 fully saturated rings. The molecule has 7 rings (SSSR count). The van der Waals surface area contributed by atoms with Crippen LogP contribution in [0.4, 0.5) is 0 Å². The van der Waals surface area contributed by atoms with Gasteiger partial charge < -0.3 is 18.3 Å². The molecule has 6 aromatic rings. The van der Waals surface area contributed by atoms with Crippen LogP contribution in [-0.2, 0) is 35.9 Å². The first-order valence-electron chi connectivity index (χ1n) is 13.0. The van der Waals surface area contributed by atoms with Crippen LogP contribution in [0.1, 0.15) is 22.3 Å². The zero-order valence-electron chi connectivity index (χ0n) is 21.5. The summed E-state index contributed by atoms with van der Waals surface area (Å²) in [5.41, 5.74) is 7.37. The Morgan fingerprint density at radius 2 is 0.650 bits per heavy atom. The molecule has 0 atom stereocenters. The predicted molar refractivity (Wildman–Crippen MR) is 147 cm³/mol. The van der Waals surface area contributed by atoms with Crippen molar-refractivity contribution in [3.05, 3.63) is 119 Å². The Bertz CT molecular complexity index is 1540. The maximum Gasteiger partial charge on any atom is 0.248 e. The first-order chi connectivity index (χ1) is 19.8. The van der Waals surface area contributed by atoms with Gasteiger partial charge in [0, 0.05) is 22.3 Å². The fourth-order valence-electron chi connectivity index (χ4n) is 4.66. The van der Waals surface area contributed by atoms with Gasteiger partial charge in [-0.15, -0.1) is 20.4 Å². The summed E-state index contributed by atoms with van der Waals surface area (Å²) in [6.07, 6.45) is 0. The highest BCUT2D eigenvalue weighted by Crippen LogP contribution is 2.28. The average molecular weight is 529 g/mol. The number of hydrogen-bond donors (Lipinski definition) is 0. The molecule has 0 radical (unpaired) electrons. The topological polar surface area (TPSA) is 96.3 Å². The van der Waals surface area contributed by atoms with Gasteiger partial charge in [-0.25, -0.2) is 0 Å². The van der Waals surface area contributed by atoms with Crippen LogP contribution in [-0.4, -0.2) is 20.4 Å². The number of nitrogens with zero attached hydrogens (tertiary/aromatic N) is 4. The molecule has 1 aliphatic heterocycles. The lowest BCUT2D eigenvalue weighted by atomic mass is 10.1. The molecule has 3 heterocycles. The molecule has 2 aromatic heterocycles. The van der Waals surface area contributed by atoms with Gasteiger partial charge in [-0.2, -0.15) is 0 Å². The quantitative estimate of drug-likeness (QED) is 0.211. The van der Waals surface area contributed by atoms with Gasteiger partial charge in [-0.1, -0.05) is 48.5 Å². The number of benzene rings is 4. The molecule has 0 spiro atoms. The zero-order chi connectivity index (χ0) is 26.7. The van der Waals surface area contributed by atoms with E-state index in [1.807, 2.05) is 97.1 Å². The second kappa shape index (κ2) is 10.7. The molecule has 8 heteroatoms. The van der Waals surface area contributed by atoms with Crippen molar-refractivity contribution < 1.29 is 18.3 Å².